The van der Waals surface area contributed by atoms with Gasteiger partial charge < -0.3 is 10.6 Å². The smallest absolute Gasteiger partial charge is 0.140 e. The first-order valence-electron chi connectivity index (χ1n) is 6.41. The highest BCUT2D eigenvalue weighted by molar-refractivity contribution is 5.99. The fourth-order valence-electron chi connectivity index (χ4n) is 1.91. The Kier molecular flexibility index (Phi) is 4.70. The Morgan fingerprint density at radius 1 is 1.33 bits per heavy atom. The summed E-state index contributed by atoms with van der Waals surface area (Å²) in [5.41, 5.74) is 7.32. The largest absolute Gasteiger partial charge is 0.384 e. The first-order valence-corrected chi connectivity index (χ1v) is 6.41. The van der Waals surface area contributed by atoms with E-state index in [1.807, 2.05) is 19.1 Å². The van der Waals surface area contributed by atoms with Crippen LogP contribution in [0.2, 0.25) is 0 Å². The molecule has 0 amide bonds. The van der Waals surface area contributed by atoms with E-state index < -0.39 is 0 Å². The predicted molar refractivity (Wildman–Crippen MR) is 77.3 cm³/mol. The second-order valence-corrected chi connectivity index (χ2v) is 5.38. The fourth-order valence-corrected chi connectivity index (χ4v) is 1.91. The van der Waals surface area contributed by atoms with Crippen molar-refractivity contribution in [2.45, 2.75) is 40.7 Å². The zero-order chi connectivity index (χ0) is 13.9. The van der Waals surface area contributed by atoms with E-state index in [1.165, 1.54) is 0 Å². The summed E-state index contributed by atoms with van der Waals surface area (Å²) in [6, 6.07) is 4.11. The molecule has 0 aliphatic carbocycles. The molecule has 1 aromatic rings. The predicted octanol–water partition coefficient (Wildman–Crippen LogP) is 2.54. The summed E-state index contributed by atoms with van der Waals surface area (Å²) in [6.07, 6.45) is 0. The van der Waals surface area contributed by atoms with Crippen LogP contribution in [-0.4, -0.2) is 23.4 Å². The van der Waals surface area contributed by atoms with Gasteiger partial charge in [-0.2, -0.15) is 0 Å². The third-order valence-corrected chi connectivity index (χ3v) is 2.76. The van der Waals surface area contributed by atoms with Crippen LogP contribution in [-0.2, 0) is 0 Å². The number of aromatic nitrogens is 1. The molecule has 100 valence electrons. The molecule has 0 atom stereocenters. The lowest BCUT2D eigenvalue weighted by Gasteiger charge is -2.31. The summed E-state index contributed by atoms with van der Waals surface area (Å²) in [6.45, 7) is 11.5. The molecule has 4 nitrogen and oxygen atoms in total. The highest BCUT2D eigenvalue weighted by atomic mass is 15.2. The summed E-state index contributed by atoms with van der Waals surface area (Å²) in [7, 11) is 0. The van der Waals surface area contributed by atoms with Gasteiger partial charge in [0.2, 0.25) is 0 Å². The van der Waals surface area contributed by atoms with Gasteiger partial charge >= 0.3 is 0 Å². The molecule has 0 aliphatic rings. The van der Waals surface area contributed by atoms with Crippen molar-refractivity contribution in [1.29, 1.82) is 5.41 Å². The van der Waals surface area contributed by atoms with Gasteiger partial charge in [-0.25, -0.2) is 4.98 Å². The van der Waals surface area contributed by atoms with Crippen molar-refractivity contribution < 1.29 is 0 Å². The minimum absolute atomic E-state index is 0.0758. The zero-order valence-corrected chi connectivity index (χ0v) is 12.0. The standard InChI is InChI=1S/C14H24N4/c1-9(2)8-18(10(3)4)14-12(13(15)16)7-6-11(5)17-14/h6-7,9-10H,8H2,1-5H3,(H3,15,16). The van der Waals surface area contributed by atoms with Gasteiger partial charge in [-0.15, -0.1) is 0 Å². The van der Waals surface area contributed by atoms with E-state index in [9.17, 15) is 0 Å². The van der Waals surface area contributed by atoms with Crippen LogP contribution in [0, 0.1) is 18.3 Å². The number of aryl methyl sites for hydroxylation is 1. The van der Waals surface area contributed by atoms with Crippen molar-refractivity contribution in [3.8, 4) is 0 Å². The van der Waals surface area contributed by atoms with Crippen LogP contribution in [0.1, 0.15) is 39.0 Å². The molecule has 3 N–H and O–H groups in total. The van der Waals surface area contributed by atoms with Gasteiger partial charge in [-0.05, 0) is 38.8 Å². The summed E-state index contributed by atoms with van der Waals surface area (Å²) in [4.78, 5) is 6.79. The summed E-state index contributed by atoms with van der Waals surface area (Å²) in [5.74, 6) is 1.44. The topological polar surface area (TPSA) is 66.0 Å². The third-order valence-electron chi connectivity index (χ3n) is 2.76. The number of nitrogen functional groups attached to an aromatic ring is 1. The molecule has 0 aromatic carbocycles. The van der Waals surface area contributed by atoms with E-state index in [4.69, 9.17) is 11.1 Å². The fraction of sp³-hybridized carbons (Fsp3) is 0.571. The normalized spacial score (nSPS) is 11.1. The molecule has 0 bridgehead atoms. The number of nitrogens with two attached hydrogens (primary N) is 1. The lowest BCUT2D eigenvalue weighted by atomic mass is 10.1. The van der Waals surface area contributed by atoms with Gasteiger partial charge in [0.1, 0.15) is 11.7 Å². The lowest BCUT2D eigenvalue weighted by Crippen LogP contribution is -2.36. The van der Waals surface area contributed by atoms with Gasteiger partial charge in [-0.1, -0.05) is 13.8 Å². The third kappa shape index (κ3) is 3.45. The Morgan fingerprint density at radius 3 is 2.39 bits per heavy atom. The SMILES string of the molecule is Cc1ccc(C(=N)N)c(N(CC(C)C)C(C)C)n1. The number of nitrogens with one attached hydrogen (secondary N) is 1. The number of pyridine rings is 1. The van der Waals surface area contributed by atoms with Crippen molar-refractivity contribution in [2.24, 2.45) is 11.7 Å². The summed E-state index contributed by atoms with van der Waals surface area (Å²) < 4.78 is 0. The molecule has 0 spiro atoms. The number of nitrogens with zero attached hydrogens (tertiary/aromatic N) is 2. The van der Waals surface area contributed by atoms with E-state index in [0.29, 0.717) is 12.0 Å². The van der Waals surface area contributed by atoms with Gasteiger partial charge in [0, 0.05) is 18.3 Å². The Hall–Kier alpha value is -1.58. The minimum atomic E-state index is 0.0758. The van der Waals surface area contributed by atoms with Gasteiger partial charge in [0.15, 0.2) is 0 Å². The van der Waals surface area contributed by atoms with E-state index in [-0.39, 0.29) is 5.84 Å². The van der Waals surface area contributed by atoms with E-state index in [1.54, 1.807) is 0 Å². The highest BCUT2D eigenvalue weighted by Gasteiger charge is 2.18. The highest BCUT2D eigenvalue weighted by Crippen LogP contribution is 2.21. The molecule has 0 fully saturated rings. The number of hydrogen-bond acceptors (Lipinski definition) is 3. The van der Waals surface area contributed by atoms with Gasteiger partial charge in [-0.3, -0.25) is 5.41 Å². The minimum Gasteiger partial charge on any atom is -0.384 e. The van der Waals surface area contributed by atoms with Crippen LogP contribution in [0.25, 0.3) is 0 Å². The zero-order valence-electron chi connectivity index (χ0n) is 12.0. The molecule has 1 heterocycles. The number of hydrogen-bond donors (Lipinski definition) is 2. The van der Waals surface area contributed by atoms with Crippen LogP contribution in [0.4, 0.5) is 5.82 Å². The Balaban J connectivity index is 3.25. The molecule has 1 aromatic heterocycles. The van der Waals surface area contributed by atoms with E-state index in [0.717, 1.165) is 23.6 Å². The van der Waals surface area contributed by atoms with E-state index in [2.05, 4.69) is 37.6 Å². The molecule has 0 saturated heterocycles. The van der Waals surface area contributed by atoms with Crippen LogP contribution < -0.4 is 10.6 Å². The van der Waals surface area contributed by atoms with Crippen LogP contribution in [0.15, 0.2) is 12.1 Å². The van der Waals surface area contributed by atoms with Crippen molar-refractivity contribution in [1.82, 2.24) is 4.98 Å². The monoisotopic (exact) mass is 248 g/mol. The molecule has 0 unspecified atom stereocenters. The molecule has 1 rings (SSSR count). The average molecular weight is 248 g/mol. The van der Waals surface area contributed by atoms with Crippen molar-refractivity contribution >= 4 is 11.7 Å². The second kappa shape index (κ2) is 5.85. The van der Waals surface area contributed by atoms with Crippen LogP contribution >= 0.6 is 0 Å². The van der Waals surface area contributed by atoms with Crippen molar-refractivity contribution in [3.05, 3.63) is 23.4 Å². The second-order valence-electron chi connectivity index (χ2n) is 5.38. The Labute approximate surface area is 110 Å². The number of amidine groups is 1. The molecular formula is C14H24N4. The van der Waals surface area contributed by atoms with Gasteiger partial charge in [0.05, 0.1) is 5.56 Å². The quantitative estimate of drug-likeness (QED) is 0.621. The molecule has 4 heteroatoms. The van der Waals surface area contributed by atoms with Crippen molar-refractivity contribution in [3.63, 3.8) is 0 Å². The van der Waals surface area contributed by atoms with Crippen molar-refractivity contribution in [2.75, 3.05) is 11.4 Å². The molecule has 18 heavy (non-hydrogen) atoms. The Bertz CT molecular complexity index is 424. The first kappa shape index (κ1) is 14.5. The first-order chi connectivity index (χ1) is 8.32. The lowest BCUT2D eigenvalue weighted by molar-refractivity contribution is 0.565. The van der Waals surface area contributed by atoms with E-state index >= 15 is 0 Å². The van der Waals surface area contributed by atoms with Crippen LogP contribution in [0.3, 0.4) is 0 Å². The molecule has 0 radical (unpaired) electrons. The van der Waals surface area contributed by atoms with Crippen LogP contribution in [0.5, 0.6) is 0 Å². The molecular weight excluding hydrogens is 224 g/mol. The maximum Gasteiger partial charge on any atom is 0.140 e. The maximum absolute atomic E-state index is 7.67. The number of rotatable bonds is 5. The molecule has 0 aliphatic heterocycles. The Morgan fingerprint density at radius 2 is 1.94 bits per heavy atom. The number of anilines is 1. The summed E-state index contributed by atoms with van der Waals surface area (Å²) >= 11 is 0. The summed E-state index contributed by atoms with van der Waals surface area (Å²) in [5, 5.41) is 7.67. The average Bonchev–Trinajstić information content (AvgIpc) is 2.24. The van der Waals surface area contributed by atoms with Gasteiger partial charge in [0.25, 0.3) is 0 Å². The molecule has 0 saturated carbocycles. The maximum atomic E-state index is 7.67.